The van der Waals surface area contributed by atoms with Crippen molar-refractivity contribution in [2.45, 2.75) is 38.6 Å². The predicted molar refractivity (Wildman–Crippen MR) is 77.7 cm³/mol. The van der Waals surface area contributed by atoms with Gasteiger partial charge in [0, 0.05) is 25.6 Å². The number of likely N-dealkylation sites (tertiary alicyclic amines) is 1. The maximum absolute atomic E-state index is 12.1. The van der Waals surface area contributed by atoms with Gasteiger partial charge in [-0.1, -0.05) is 37.3 Å². The summed E-state index contributed by atoms with van der Waals surface area (Å²) in [5, 5.41) is 0. The maximum atomic E-state index is 12.1. The van der Waals surface area contributed by atoms with E-state index < -0.39 is 0 Å². The van der Waals surface area contributed by atoms with E-state index in [4.69, 9.17) is 5.73 Å². The number of rotatable bonds is 4. The molecule has 3 heteroatoms. The molecule has 0 saturated carbocycles. The highest BCUT2D eigenvalue weighted by atomic mass is 16.2. The van der Waals surface area contributed by atoms with Gasteiger partial charge in [-0.2, -0.15) is 0 Å². The molecule has 2 unspecified atom stereocenters. The van der Waals surface area contributed by atoms with Gasteiger partial charge in [0.1, 0.15) is 0 Å². The predicted octanol–water partition coefficient (Wildman–Crippen LogP) is 2.21. The molecule has 1 aliphatic heterocycles. The van der Waals surface area contributed by atoms with Crippen molar-refractivity contribution in [3.63, 3.8) is 0 Å². The summed E-state index contributed by atoms with van der Waals surface area (Å²) in [7, 11) is 0. The molecule has 2 atom stereocenters. The number of aryl methyl sites for hydroxylation is 1. The van der Waals surface area contributed by atoms with E-state index in [1.165, 1.54) is 5.56 Å². The topological polar surface area (TPSA) is 46.3 Å². The number of hydrogen-bond donors (Lipinski definition) is 1. The van der Waals surface area contributed by atoms with Crippen LogP contribution < -0.4 is 5.73 Å². The van der Waals surface area contributed by atoms with Gasteiger partial charge in [0.15, 0.2) is 0 Å². The fourth-order valence-corrected chi connectivity index (χ4v) is 2.85. The van der Waals surface area contributed by atoms with Gasteiger partial charge < -0.3 is 10.6 Å². The first-order valence-corrected chi connectivity index (χ1v) is 7.22. The van der Waals surface area contributed by atoms with Crippen LogP contribution in [0.3, 0.4) is 0 Å². The van der Waals surface area contributed by atoms with Crippen LogP contribution in [0.25, 0.3) is 0 Å². The van der Waals surface area contributed by atoms with Crippen molar-refractivity contribution in [2.75, 3.05) is 13.1 Å². The molecule has 1 heterocycles. The Balaban J connectivity index is 1.75. The molecule has 0 aliphatic carbocycles. The number of carbonyl (C=O) groups is 1. The number of nitrogens with two attached hydrogens (primary N) is 1. The maximum Gasteiger partial charge on any atom is 0.222 e. The summed E-state index contributed by atoms with van der Waals surface area (Å²) >= 11 is 0. The molecule has 104 valence electrons. The Morgan fingerprint density at radius 2 is 2.05 bits per heavy atom. The molecule has 1 saturated heterocycles. The quantitative estimate of drug-likeness (QED) is 0.902. The van der Waals surface area contributed by atoms with E-state index in [1.807, 2.05) is 23.1 Å². The number of carbonyl (C=O) groups excluding carboxylic acids is 1. The molecule has 2 rings (SSSR count). The zero-order chi connectivity index (χ0) is 13.7. The van der Waals surface area contributed by atoms with Gasteiger partial charge in [0.25, 0.3) is 0 Å². The SMILES string of the molecule is CC1CC(N)CN(C(=O)CCCc2ccccc2)C1. The lowest BCUT2D eigenvalue weighted by atomic mass is 9.96. The molecule has 0 radical (unpaired) electrons. The zero-order valence-electron chi connectivity index (χ0n) is 11.7. The highest BCUT2D eigenvalue weighted by Crippen LogP contribution is 2.16. The van der Waals surface area contributed by atoms with Crippen molar-refractivity contribution in [3.8, 4) is 0 Å². The molecule has 1 fully saturated rings. The third-order valence-corrected chi connectivity index (χ3v) is 3.74. The number of hydrogen-bond acceptors (Lipinski definition) is 2. The highest BCUT2D eigenvalue weighted by Gasteiger charge is 2.25. The van der Waals surface area contributed by atoms with Gasteiger partial charge in [-0.15, -0.1) is 0 Å². The van der Waals surface area contributed by atoms with Crippen LogP contribution in [-0.4, -0.2) is 29.9 Å². The molecule has 3 nitrogen and oxygen atoms in total. The van der Waals surface area contributed by atoms with Crippen LogP contribution in [0, 0.1) is 5.92 Å². The summed E-state index contributed by atoms with van der Waals surface area (Å²) in [6.07, 6.45) is 3.56. The normalized spacial score (nSPS) is 23.4. The highest BCUT2D eigenvalue weighted by molar-refractivity contribution is 5.76. The third-order valence-electron chi connectivity index (χ3n) is 3.74. The molecule has 1 aromatic rings. The Bertz CT molecular complexity index is 394. The molecule has 2 N–H and O–H groups in total. The number of piperidine rings is 1. The zero-order valence-corrected chi connectivity index (χ0v) is 11.7. The second-order valence-corrected chi connectivity index (χ2v) is 5.74. The van der Waals surface area contributed by atoms with Gasteiger partial charge in [0.05, 0.1) is 0 Å². The van der Waals surface area contributed by atoms with E-state index in [1.54, 1.807) is 0 Å². The average molecular weight is 260 g/mol. The Hall–Kier alpha value is -1.35. The first-order valence-electron chi connectivity index (χ1n) is 7.22. The number of benzene rings is 1. The van der Waals surface area contributed by atoms with Gasteiger partial charge in [-0.25, -0.2) is 0 Å². The summed E-state index contributed by atoms with van der Waals surface area (Å²) in [4.78, 5) is 14.1. The molecule has 0 spiro atoms. The number of nitrogens with zero attached hydrogens (tertiary/aromatic N) is 1. The van der Waals surface area contributed by atoms with Crippen LogP contribution >= 0.6 is 0 Å². The minimum Gasteiger partial charge on any atom is -0.341 e. The van der Waals surface area contributed by atoms with E-state index in [0.717, 1.165) is 32.4 Å². The Labute approximate surface area is 115 Å². The Kier molecular flexibility index (Phi) is 4.97. The molecule has 0 bridgehead atoms. The van der Waals surface area contributed by atoms with Crippen LogP contribution in [0.2, 0.25) is 0 Å². The second kappa shape index (κ2) is 6.71. The summed E-state index contributed by atoms with van der Waals surface area (Å²) in [6, 6.07) is 10.5. The molecule has 1 amide bonds. The van der Waals surface area contributed by atoms with E-state index >= 15 is 0 Å². The van der Waals surface area contributed by atoms with Crippen LogP contribution in [0.15, 0.2) is 30.3 Å². The van der Waals surface area contributed by atoms with Crippen molar-refractivity contribution in [2.24, 2.45) is 11.7 Å². The lowest BCUT2D eigenvalue weighted by Crippen LogP contribution is -2.48. The lowest BCUT2D eigenvalue weighted by molar-refractivity contribution is -0.133. The molecular weight excluding hydrogens is 236 g/mol. The minimum absolute atomic E-state index is 0.154. The van der Waals surface area contributed by atoms with Crippen molar-refractivity contribution >= 4 is 5.91 Å². The molecular formula is C16H24N2O. The van der Waals surface area contributed by atoms with E-state index in [9.17, 15) is 4.79 Å². The monoisotopic (exact) mass is 260 g/mol. The largest absolute Gasteiger partial charge is 0.341 e. The van der Waals surface area contributed by atoms with Crippen molar-refractivity contribution in [3.05, 3.63) is 35.9 Å². The molecule has 1 aliphatic rings. The van der Waals surface area contributed by atoms with E-state index in [0.29, 0.717) is 12.3 Å². The average Bonchev–Trinajstić information content (AvgIpc) is 2.38. The standard InChI is InChI=1S/C16H24N2O/c1-13-10-15(17)12-18(11-13)16(19)9-5-8-14-6-3-2-4-7-14/h2-4,6-7,13,15H,5,8-12,17H2,1H3. The molecule has 0 aromatic heterocycles. The Morgan fingerprint density at radius 1 is 1.32 bits per heavy atom. The third kappa shape index (κ3) is 4.35. The second-order valence-electron chi connectivity index (χ2n) is 5.74. The molecule has 1 aromatic carbocycles. The summed E-state index contributed by atoms with van der Waals surface area (Å²) in [5.41, 5.74) is 7.28. The number of amides is 1. The summed E-state index contributed by atoms with van der Waals surface area (Å²) < 4.78 is 0. The smallest absolute Gasteiger partial charge is 0.222 e. The van der Waals surface area contributed by atoms with Crippen molar-refractivity contribution in [1.29, 1.82) is 0 Å². The summed E-state index contributed by atoms with van der Waals surface area (Å²) in [5.74, 6) is 0.791. The van der Waals surface area contributed by atoms with Gasteiger partial charge in [-0.05, 0) is 30.7 Å². The van der Waals surface area contributed by atoms with E-state index in [-0.39, 0.29) is 11.9 Å². The van der Waals surface area contributed by atoms with Crippen molar-refractivity contribution < 1.29 is 4.79 Å². The first-order chi connectivity index (χ1) is 9.15. The summed E-state index contributed by atoms with van der Waals surface area (Å²) in [6.45, 7) is 3.77. The van der Waals surface area contributed by atoms with Gasteiger partial charge in [-0.3, -0.25) is 4.79 Å². The van der Waals surface area contributed by atoms with Crippen LogP contribution in [0.1, 0.15) is 31.7 Å². The van der Waals surface area contributed by atoms with Crippen LogP contribution in [0.5, 0.6) is 0 Å². The van der Waals surface area contributed by atoms with Gasteiger partial charge in [0.2, 0.25) is 5.91 Å². The first kappa shape index (κ1) is 14.1. The van der Waals surface area contributed by atoms with Crippen molar-refractivity contribution in [1.82, 2.24) is 4.90 Å². The van der Waals surface area contributed by atoms with E-state index in [2.05, 4.69) is 19.1 Å². The van der Waals surface area contributed by atoms with Crippen LogP contribution in [-0.2, 0) is 11.2 Å². The lowest BCUT2D eigenvalue weighted by Gasteiger charge is -2.34. The van der Waals surface area contributed by atoms with Crippen LogP contribution in [0.4, 0.5) is 0 Å². The Morgan fingerprint density at radius 3 is 2.74 bits per heavy atom. The minimum atomic E-state index is 0.154. The fourth-order valence-electron chi connectivity index (χ4n) is 2.85. The fraction of sp³-hybridized carbons (Fsp3) is 0.562. The molecule has 19 heavy (non-hydrogen) atoms. The van der Waals surface area contributed by atoms with Gasteiger partial charge >= 0.3 is 0 Å².